The van der Waals surface area contributed by atoms with E-state index in [-0.39, 0.29) is 11.3 Å². The van der Waals surface area contributed by atoms with Crippen LogP contribution in [0.3, 0.4) is 0 Å². The first-order chi connectivity index (χ1) is 8.16. The van der Waals surface area contributed by atoms with Gasteiger partial charge in [-0.05, 0) is 34.8 Å². The van der Waals surface area contributed by atoms with Crippen molar-refractivity contribution in [1.29, 1.82) is 0 Å². The maximum absolute atomic E-state index is 12.2. The lowest BCUT2D eigenvalue weighted by molar-refractivity contribution is -0.130. The van der Waals surface area contributed by atoms with E-state index in [2.05, 4.69) is 21.2 Å². The second-order valence-corrected chi connectivity index (χ2v) is 6.52. The molecule has 1 heterocycles. The molecule has 1 fully saturated rings. The fourth-order valence-electron chi connectivity index (χ4n) is 2.38. The zero-order chi connectivity index (χ0) is 12.3. The van der Waals surface area contributed by atoms with Crippen LogP contribution in [0.15, 0.2) is 15.9 Å². The molecule has 1 aliphatic rings. The highest BCUT2D eigenvalue weighted by atomic mass is 79.9. The molecule has 1 aromatic rings. The van der Waals surface area contributed by atoms with Crippen molar-refractivity contribution in [3.05, 3.63) is 20.8 Å². The molecule has 2 rings (SSSR count). The SMILES string of the molecule is NCC1(C(=O)NCc2cc(Br)cs2)CCCC1. The minimum absolute atomic E-state index is 0.127. The van der Waals surface area contributed by atoms with E-state index < -0.39 is 0 Å². The van der Waals surface area contributed by atoms with Crippen molar-refractivity contribution in [2.45, 2.75) is 32.2 Å². The number of nitrogens with two attached hydrogens (primary N) is 1. The van der Waals surface area contributed by atoms with E-state index >= 15 is 0 Å². The molecule has 0 bridgehead atoms. The van der Waals surface area contributed by atoms with Crippen LogP contribution in [-0.4, -0.2) is 12.5 Å². The summed E-state index contributed by atoms with van der Waals surface area (Å²) in [5, 5.41) is 5.04. The Bertz CT molecular complexity index is 399. The lowest BCUT2D eigenvalue weighted by Crippen LogP contribution is -2.43. The third kappa shape index (κ3) is 2.89. The van der Waals surface area contributed by atoms with E-state index in [1.165, 1.54) is 0 Å². The van der Waals surface area contributed by atoms with E-state index in [4.69, 9.17) is 5.73 Å². The van der Waals surface area contributed by atoms with E-state index in [1.807, 2.05) is 11.4 Å². The molecule has 0 spiro atoms. The number of carbonyl (C=O) groups excluding carboxylic acids is 1. The molecule has 1 aromatic heterocycles. The first-order valence-corrected chi connectivity index (χ1v) is 7.55. The zero-order valence-electron chi connectivity index (χ0n) is 9.67. The maximum Gasteiger partial charge on any atom is 0.227 e. The highest BCUT2D eigenvalue weighted by Crippen LogP contribution is 2.37. The number of carbonyl (C=O) groups is 1. The highest BCUT2D eigenvalue weighted by Gasteiger charge is 2.39. The molecule has 3 N–H and O–H groups in total. The number of halogens is 1. The molecule has 0 atom stereocenters. The van der Waals surface area contributed by atoms with Gasteiger partial charge in [0.25, 0.3) is 0 Å². The van der Waals surface area contributed by atoms with Crippen molar-refractivity contribution in [3.8, 4) is 0 Å². The van der Waals surface area contributed by atoms with Gasteiger partial charge in [0.2, 0.25) is 5.91 Å². The summed E-state index contributed by atoms with van der Waals surface area (Å²) in [6, 6.07) is 2.04. The Morgan fingerprint density at radius 1 is 1.53 bits per heavy atom. The van der Waals surface area contributed by atoms with Gasteiger partial charge in [-0.1, -0.05) is 12.8 Å². The van der Waals surface area contributed by atoms with Gasteiger partial charge in [0.1, 0.15) is 0 Å². The second kappa shape index (κ2) is 5.50. The molecule has 17 heavy (non-hydrogen) atoms. The average Bonchev–Trinajstić information content (AvgIpc) is 2.95. The molecular weight excluding hydrogens is 300 g/mol. The quantitative estimate of drug-likeness (QED) is 0.897. The van der Waals surface area contributed by atoms with Gasteiger partial charge in [0, 0.05) is 21.3 Å². The first kappa shape index (κ1) is 13.1. The van der Waals surface area contributed by atoms with Crippen LogP contribution in [0.1, 0.15) is 30.6 Å². The average molecular weight is 317 g/mol. The largest absolute Gasteiger partial charge is 0.351 e. The van der Waals surface area contributed by atoms with Gasteiger partial charge >= 0.3 is 0 Å². The molecule has 0 aromatic carbocycles. The Kier molecular flexibility index (Phi) is 4.22. The van der Waals surface area contributed by atoms with Crippen molar-refractivity contribution in [2.75, 3.05) is 6.54 Å². The minimum Gasteiger partial charge on any atom is -0.351 e. The molecule has 0 saturated heterocycles. The molecular formula is C12H17BrN2OS. The molecule has 1 amide bonds. The summed E-state index contributed by atoms with van der Waals surface area (Å²) in [6.45, 7) is 1.07. The van der Waals surface area contributed by atoms with Crippen LogP contribution in [-0.2, 0) is 11.3 Å². The fraction of sp³-hybridized carbons (Fsp3) is 0.583. The molecule has 3 nitrogen and oxygen atoms in total. The summed E-state index contributed by atoms with van der Waals surface area (Å²) in [6.07, 6.45) is 4.11. The van der Waals surface area contributed by atoms with Crippen LogP contribution in [0.25, 0.3) is 0 Å². The van der Waals surface area contributed by atoms with Gasteiger partial charge in [-0.15, -0.1) is 11.3 Å². The number of rotatable bonds is 4. The van der Waals surface area contributed by atoms with Gasteiger partial charge in [0.15, 0.2) is 0 Å². The Morgan fingerprint density at radius 2 is 2.24 bits per heavy atom. The van der Waals surface area contributed by atoms with Gasteiger partial charge in [-0.2, -0.15) is 0 Å². The lowest BCUT2D eigenvalue weighted by atomic mass is 9.85. The Labute approximate surface area is 114 Å². The lowest BCUT2D eigenvalue weighted by Gasteiger charge is -2.25. The van der Waals surface area contributed by atoms with Crippen molar-refractivity contribution >= 4 is 33.2 Å². The third-order valence-corrected chi connectivity index (χ3v) is 5.18. The van der Waals surface area contributed by atoms with Crippen molar-refractivity contribution in [3.63, 3.8) is 0 Å². The van der Waals surface area contributed by atoms with Gasteiger partial charge in [-0.3, -0.25) is 4.79 Å². The maximum atomic E-state index is 12.2. The van der Waals surface area contributed by atoms with E-state index in [0.29, 0.717) is 13.1 Å². The standard InChI is InChI=1S/C12H17BrN2OS/c13-9-5-10(17-7-9)6-15-11(16)12(8-14)3-1-2-4-12/h5,7H,1-4,6,8,14H2,(H,15,16). The Hall–Kier alpha value is -0.390. The third-order valence-electron chi connectivity index (χ3n) is 3.48. The van der Waals surface area contributed by atoms with Gasteiger partial charge in [0.05, 0.1) is 12.0 Å². The minimum atomic E-state index is -0.297. The van der Waals surface area contributed by atoms with Crippen LogP contribution >= 0.6 is 27.3 Å². The molecule has 0 radical (unpaired) electrons. The Morgan fingerprint density at radius 3 is 2.76 bits per heavy atom. The van der Waals surface area contributed by atoms with Crippen LogP contribution in [0.4, 0.5) is 0 Å². The van der Waals surface area contributed by atoms with Crippen molar-refractivity contribution in [1.82, 2.24) is 5.32 Å². The molecule has 94 valence electrons. The molecule has 0 unspecified atom stereocenters. The second-order valence-electron chi connectivity index (χ2n) is 4.61. The summed E-state index contributed by atoms with van der Waals surface area (Å²) >= 11 is 5.06. The molecule has 1 saturated carbocycles. The molecule has 0 aliphatic heterocycles. The van der Waals surface area contributed by atoms with E-state index in [0.717, 1.165) is 35.0 Å². The Balaban J connectivity index is 1.92. The number of hydrogen-bond acceptors (Lipinski definition) is 3. The molecule has 5 heteroatoms. The van der Waals surface area contributed by atoms with Crippen LogP contribution in [0.2, 0.25) is 0 Å². The van der Waals surface area contributed by atoms with E-state index in [9.17, 15) is 4.79 Å². The summed E-state index contributed by atoms with van der Waals surface area (Å²) in [5.41, 5.74) is 5.48. The summed E-state index contributed by atoms with van der Waals surface area (Å²) < 4.78 is 1.07. The molecule has 1 aliphatic carbocycles. The fourth-order valence-corrected chi connectivity index (χ4v) is 3.77. The highest BCUT2D eigenvalue weighted by molar-refractivity contribution is 9.10. The van der Waals surface area contributed by atoms with Crippen molar-refractivity contribution < 1.29 is 4.79 Å². The summed E-state index contributed by atoms with van der Waals surface area (Å²) in [5.74, 6) is 0.127. The number of nitrogens with one attached hydrogen (secondary N) is 1. The van der Waals surface area contributed by atoms with E-state index in [1.54, 1.807) is 11.3 Å². The number of hydrogen-bond donors (Lipinski definition) is 2. The summed E-state index contributed by atoms with van der Waals surface area (Å²) in [4.78, 5) is 13.3. The first-order valence-electron chi connectivity index (χ1n) is 5.87. The van der Waals surface area contributed by atoms with Crippen LogP contribution in [0.5, 0.6) is 0 Å². The number of thiophene rings is 1. The monoisotopic (exact) mass is 316 g/mol. The number of amides is 1. The van der Waals surface area contributed by atoms with Gasteiger partial charge in [-0.25, -0.2) is 0 Å². The van der Waals surface area contributed by atoms with Gasteiger partial charge < -0.3 is 11.1 Å². The predicted molar refractivity (Wildman–Crippen MR) is 73.8 cm³/mol. The predicted octanol–water partition coefficient (Wildman–Crippen LogP) is 2.65. The van der Waals surface area contributed by atoms with Crippen molar-refractivity contribution in [2.24, 2.45) is 11.1 Å². The van der Waals surface area contributed by atoms with Crippen LogP contribution < -0.4 is 11.1 Å². The van der Waals surface area contributed by atoms with Crippen LogP contribution in [0, 0.1) is 5.41 Å². The summed E-state index contributed by atoms with van der Waals surface area (Å²) in [7, 11) is 0. The smallest absolute Gasteiger partial charge is 0.227 e. The zero-order valence-corrected chi connectivity index (χ0v) is 12.1. The normalized spacial score (nSPS) is 18.2. The topological polar surface area (TPSA) is 55.1 Å².